The number of carbonyl (C=O) groups excluding carboxylic acids is 1. The number of rotatable bonds is 6. The maximum Gasteiger partial charge on any atom is 0.233 e. The second-order valence-corrected chi connectivity index (χ2v) is 6.05. The lowest BCUT2D eigenvalue weighted by Crippen LogP contribution is -2.34. The van der Waals surface area contributed by atoms with Gasteiger partial charge in [-0.15, -0.1) is 5.10 Å². The SMILES string of the molecule is Cn1nnnc1SCC(=O)N(Cc1ccccc1)C1CC1. The Morgan fingerprint density at radius 2 is 2.14 bits per heavy atom. The van der Waals surface area contributed by atoms with Crippen LogP contribution in [0.4, 0.5) is 0 Å². The van der Waals surface area contributed by atoms with Crippen molar-refractivity contribution in [2.75, 3.05) is 5.75 Å². The van der Waals surface area contributed by atoms with E-state index in [9.17, 15) is 4.79 Å². The summed E-state index contributed by atoms with van der Waals surface area (Å²) >= 11 is 1.38. The summed E-state index contributed by atoms with van der Waals surface area (Å²) in [6.07, 6.45) is 2.21. The number of aryl methyl sites for hydroxylation is 1. The molecular formula is C14H17N5OS. The molecular weight excluding hydrogens is 286 g/mol. The van der Waals surface area contributed by atoms with Crippen LogP contribution < -0.4 is 0 Å². The van der Waals surface area contributed by atoms with Crippen molar-refractivity contribution in [1.82, 2.24) is 25.1 Å². The molecule has 3 rings (SSSR count). The molecule has 1 aromatic carbocycles. The summed E-state index contributed by atoms with van der Waals surface area (Å²) in [5.41, 5.74) is 1.17. The molecule has 6 nitrogen and oxygen atoms in total. The van der Waals surface area contributed by atoms with Gasteiger partial charge in [0.15, 0.2) is 0 Å². The molecule has 21 heavy (non-hydrogen) atoms. The quantitative estimate of drug-likeness (QED) is 0.757. The van der Waals surface area contributed by atoms with Crippen molar-refractivity contribution in [2.45, 2.75) is 30.6 Å². The molecule has 7 heteroatoms. The molecule has 0 spiro atoms. The van der Waals surface area contributed by atoms with E-state index in [2.05, 4.69) is 27.7 Å². The van der Waals surface area contributed by atoms with E-state index in [4.69, 9.17) is 0 Å². The number of carbonyl (C=O) groups is 1. The van der Waals surface area contributed by atoms with Gasteiger partial charge in [0.05, 0.1) is 5.75 Å². The van der Waals surface area contributed by atoms with Gasteiger partial charge < -0.3 is 4.90 Å². The van der Waals surface area contributed by atoms with Gasteiger partial charge in [-0.05, 0) is 28.8 Å². The summed E-state index contributed by atoms with van der Waals surface area (Å²) in [5, 5.41) is 11.9. The first kappa shape index (κ1) is 14.1. The first-order valence-electron chi connectivity index (χ1n) is 6.92. The molecule has 1 aliphatic rings. The summed E-state index contributed by atoms with van der Waals surface area (Å²) < 4.78 is 1.58. The van der Waals surface area contributed by atoms with Crippen LogP contribution in [0.1, 0.15) is 18.4 Å². The van der Waals surface area contributed by atoms with Crippen LogP contribution in [-0.2, 0) is 18.4 Å². The van der Waals surface area contributed by atoms with Gasteiger partial charge in [-0.25, -0.2) is 4.68 Å². The maximum absolute atomic E-state index is 12.5. The second kappa shape index (κ2) is 6.26. The number of aromatic nitrogens is 4. The number of thioether (sulfide) groups is 1. The maximum atomic E-state index is 12.5. The number of amides is 1. The van der Waals surface area contributed by atoms with Gasteiger partial charge in [0.2, 0.25) is 11.1 Å². The molecule has 1 amide bonds. The fraction of sp³-hybridized carbons (Fsp3) is 0.429. The van der Waals surface area contributed by atoms with Crippen molar-refractivity contribution in [3.63, 3.8) is 0 Å². The average molecular weight is 303 g/mol. The van der Waals surface area contributed by atoms with Crippen molar-refractivity contribution in [3.05, 3.63) is 35.9 Å². The minimum Gasteiger partial charge on any atom is -0.335 e. The molecule has 0 N–H and O–H groups in total. The van der Waals surface area contributed by atoms with Crippen LogP contribution in [0.2, 0.25) is 0 Å². The first-order valence-corrected chi connectivity index (χ1v) is 7.91. The van der Waals surface area contributed by atoms with Gasteiger partial charge >= 0.3 is 0 Å². The molecule has 0 aliphatic heterocycles. The third-order valence-corrected chi connectivity index (χ3v) is 4.41. The molecule has 1 fully saturated rings. The van der Waals surface area contributed by atoms with E-state index in [-0.39, 0.29) is 5.91 Å². The van der Waals surface area contributed by atoms with Crippen LogP contribution in [0.5, 0.6) is 0 Å². The van der Waals surface area contributed by atoms with Crippen molar-refractivity contribution in [2.24, 2.45) is 7.05 Å². The largest absolute Gasteiger partial charge is 0.335 e. The molecule has 0 saturated heterocycles. The topological polar surface area (TPSA) is 63.9 Å². The normalized spacial score (nSPS) is 14.1. The van der Waals surface area contributed by atoms with Crippen molar-refractivity contribution >= 4 is 17.7 Å². The molecule has 0 radical (unpaired) electrons. The van der Waals surface area contributed by atoms with Crippen molar-refractivity contribution in [1.29, 1.82) is 0 Å². The number of benzene rings is 1. The highest BCUT2D eigenvalue weighted by Gasteiger charge is 2.32. The van der Waals surface area contributed by atoms with E-state index in [0.717, 1.165) is 12.8 Å². The van der Waals surface area contributed by atoms with Crippen LogP contribution >= 0.6 is 11.8 Å². The van der Waals surface area contributed by atoms with Crippen molar-refractivity contribution < 1.29 is 4.79 Å². The Balaban J connectivity index is 1.61. The molecule has 0 atom stereocenters. The standard InChI is InChI=1S/C14H17N5OS/c1-18-14(15-16-17-18)21-10-13(20)19(12-7-8-12)9-11-5-3-2-4-6-11/h2-6,12H,7-10H2,1H3. The Morgan fingerprint density at radius 3 is 2.76 bits per heavy atom. The van der Waals surface area contributed by atoms with Crippen LogP contribution in [0.15, 0.2) is 35.5 Å². The average Bonchev–Trinajstić information content (AvgIpc) is 3.26. The summed E-state index contributed by atoms with van der Waals surface area (Å²) in [4.78, 5) is 14.4. The third-order valence-electron chi connectivity index (χ3n) is 3.41. The number of hydrogen-bond donors (Lipinski definition) is 0. The Hall–Kier alpha value is -1.89. The van der Waals surface area contributed by atoms with E-state index >= 15 is 0 Å². The highest BCUT2D eigenvalue weighted by Crippen LogP contribution is 2.29. The predicted octanol–water partition coefficient (Wildman–Crippen LogP) is 1.49. The van der Waals surface area contributed by atoms with Gasteiger partial charge in [-0.3, -0.25) is 4.79 Å². The summed E-state index contributed by atoms with van der Waals surface area (Å²) in [7, 11) is 1.77. The summed E-state index contributed by atoms with van der Waals surface area (Å²) in [6.45, 7) is 0.683. The van der Waals surface area contributed by atoms with Crippen LogP contribution in [0.25, 0.3) is 0 Å². The molecule has 110 valence electrons. The number of hydrogen-bond acceptors (Lipinski definition) is 5. The highest BCUT2D eigenvalue weighted by atomic mass is 32.2. The van der Waals surface area contributed by atoms with E-state index in [1.807, 2.05) is 23.1 Å². The van der Waals surface area contributed by atoms with Crippen LogP contribution in [0, 0.1) is 0 Å². The van der Waals surface area contributed by atoms with E-state index in [1.165, 1.54) is 17.3 Å². The fourth-order valence-electron chi connectivity index (χ4n) is 2.14. The molecule has 1 aromatic heterocycles. The molecule has 2 aromatic rings. The Morgan fingerprint density at radius 1 is 1.38 bits per heavy atom. The lowest BCUT2D eigenvalue weighted by molar-refractivity contribution is -0.129. The number of nitrogens with zero attached hydrogens (tertiary/aromatic N) is 5. The zero-order valence-corrected chi connectivity index (χ0v) is 12.7. The minimum absolute atomic E-state index is 0.148. The van der Waals surface area contributed by atoms with Crippen LogP contribution in [0.3, 0.4) is 0 Å². The lowest BCUT2D eigenvalue weighted by Gasteiger charge is -2.22. The van der Waals surface area contributed by atoms with Gasteiger partial charge in [0.1, 0.15) is 0 Å². The zero-order valence-electron chi connectivity index (χ0n) is 11.8. The first-order chi connectivity index (χ1) is 10.2. The molecule has 0 bridgehead atoms. The van der Waals surface area contributed by atoms with E-state index < -0.39 is 0 Å². The molecule has 1 heterocycles. The smallest absolute Gasteiger partial charge is 0.233 e. The third kappa shape index (κ3) is 3.60. The molecule has 1 saturated carbocycles. The summed E-state index contributed by atoms with van der Waals surface area (Å²) in [6, 6.07) is 10.5. The van der Waals surface area contributed by atoms with Crippen LogP contribution in [-0.4, -0.2) is 42.8 Å². The van der Waals surface area contributed by atoms with Gasteiger partial charge in [-0.1, -0.05) is 42.1 Å². The van der Waals surface area contributed by atoms with Gasteiger partial charge in [0, 0.05) is 19.6 Å². The second-order valence-electron chi connectivity index (χ2n) is 5.11. The molecule has 1 aliphatic carbocycles. The van der Waals surface area contributed by atoms with E-state index in [1.54, 1.807) is 11.7 Å². The Labute approximate surface area is 127 Å². The Bertz CT molecular complexity index is 611. The monoisotopic (exact) mass is 303 g/mol. The lowest BCUT2D eigenvalue weighted by atomic mass is 10.2. The van der Waals surface area contributed by atoms with Gasteiger partial charge in [0.25, 0.3) is 0 Å². The molecule has 0 unspecified atom stereocenters. The zero-order chi connectivity index (χ0) is 14.7. The van der Waals surface area contributed by atoms with Crippen molar-refractivity contribution in [3.8, 4) is 0 Å². The van der Waals surface area contributed by atoms with Gasteiger partial charge in [-0.2, -0.15) is 0 Å². The van der Waals surface area contributed by atoms with E-state index in [0.29, 0.717) is 23.5 Å². The Kier molecular flexibility index (Phi) is 4.19. The number of tetrazole rings is 1. The predicted molar refractivity (Wildman–Crippen MR) is 79.5 cm³/mol. The minimum atomic E-state index is 0.148. The fourth-order valence-corrected chi connectivity index (χ4v) is 2.88. The summed E-state index contributed by atoms with van der Waals surface area (Å²) in [5.74, 6) is 0.520. The highest BCUT2D eigenvalue weighted by molar-refractivity contribution is 7.99.